The van der Waals surface area contributed by atoms with Crippen molar-refractivity contribution in [1.82, 2.24) is 24.5 Å². The van der Waals surface area contributed by atoms with Crippen molar-refractivity contribution in [2.24, 2.45) is 0 Å². The van der Waals surface area contributed by atoms with Crippen molar-refractivity contribution < 1.29 is 26.3 Å². The Morgan fingerprint density at radius 1 is 0.333 bits per heavy atom. The third kappa shape index (κ3) is 7.58. The molecule has 0 unspecified atom stereocenters. The van der Waals surface area contributed by atoms with Crippen molar-refractivity contribution in [1.29, 1.82) is 0 Å². The minimum Gasteiger partial charge on any atom is -0.309 e. The van der Waals surface area contributed by atoms with Crippen LogP contribution in [0.25, 0.3) is 95.3 Å². The van der Waals surface area contributed by atoms with Gasteiger partial charge in [0.25, 0.3) is 0 Å². The third-order valence-corrected chi connectivity index (χ3v) is 10.9. The van der Waals surface area contributed by atoms with E-state index in [1.807, 2.05) is 127 Å². The molecular formula is C52H31F6N5. The normalized spacial score (nSPS) is 12.0. The van der Waals surface area contributed by atoms with Gasteiger partial charge >= 0.3 is 12.4 Å². The fourth-order valence-corrected chi connectivity index (χ4v) is 7.85. The van der Waals surface area contributed by atoms with Crippen LogP contribution in [0.2, 0.25) is 0 Å². The van der Waals surface area contributed by atoms with Crippen LogP contribution in [0.3, 0.4) is 0 Å². The van der Waals surface area contributed by atoms with E-state index in [-0.39, 0.29) is 16.7 Å². The molecule has 0 atom stereocenters. The molecule has 10 aromatic rings. The van der Waals surface area contributed by atoms with Gasteiger partial charge in [-0.2, -0.15) is 26.3 Å². The topological polar surface area (TPSA) is 56.5 Å². The number of nitrogens with zero attached hydrogens (tertiary/aromatic N) is 5. The van der Waals surface area contributed by atoms with E-state index in [0.29, 0.717) is 61.9 Å². The first kappa shape index (κ1) is 39.2. The summed E-state index contributed by atoms with van der Waals surface area (Å²) in [6, 6.07) is 53.3. The summed E-state index contributed by atoms with van der Waals surface area (Å²) in [7, 11) is 0. The third-order valence-electron chi connectivity index (χ3n) is 10.9. The molecule has 0 saturated carbocycles. The van der Waals surface area contributed by atoms with Gasteiger partial charge in [-0.05, 0) is 54.6 Å². The molecule has 0 aliphatic carbocycles. The van der Waals surface area contributed by atoms with Crippen molar-refractivity contribution in [3.05, 3.63) is 199 Å². The molecule has 7 aromatic carbocycles. The molecule has 0 N–H and O–H groups in total. The number of fused-ring (bicyclic) bond motifs is 3. The zero-order valence-corrected chi connectivity index (χ0v) is 32.9. The van der Waals surface area contributed by atoms with Crippen LogP contribution in [-0.4, -0.2) is 24.5 Å². The van der Waals surface area contributed by atoms with Gasteiger partial charge in [-0.25, -0.2) is 19.9 Å². The second-order valence-corrected chi connectivity index (χ2v) is 14.9. The van der Waals surface area contributed by atoms with Crippen LogP contribution in [0.4, 0.5) is 26.3 Å². The van der Waals surface area contributed by atoms with Crippen LogP contribution in [0.1, 0.15) is 11.1 Å². The first-order chi connectivity index (χ1) is 30.5. The average Bonchev–Trinajstić information content (AvgIpc) is 3.64. The van der Waals surface area contributed by atoms with Crippen molar-refractivity contribution in [2.45, 2.75) is 12.4 Å². The Morgan fingerprint density at radius 2 is 0.714 bits per heavy atom. The van der Waals surface area contributed by atoms with E-state index in [1.54, 1.807) is 24.3 Å². The smallest absolute Gasteiger partial charge is 0.309 e. The molecule has 0 spiro atoms. The number of hydrogen-bond donors (Lipinski definition) is 0. The summed E-state index contributed by atoms with van der Waals surface area (Å²) in [5, 5.41) is 0.677. The van der Waals surface area contributed by atoms with Crippen LogP contribution < -0.4 is 0 Å². The van der Waals surface area contributed by atoms with E-state index >= 15 is 0 Å². The Balaban J connectivity index is 1.31. The van der Waals surface area contributed by atoms with Crippen molar-refractivity contribution in [3.8, 4) is 73.5 Å². The van der Waals surface area contributed by atoms with Crippen LogP contribution in [-0.2, 0) is 12.4 Å². The average molecular weight is 840 g/mol. The summed E-state index contributed by atoms with van der Waals surface area (Å²) in [6.45, 7) is 0. The van der Waals surface area contributed by atoms with Gasteiger partial charge in [-0.15, -0.1) is 0 Å². The quantitative estimate of drug-likeness (QED) is 0.150. The fourth-order valence-electron chi connectivity index (χ4n) is 7.85. The molecule has 3 heterocycles. The summed E-state index contributed by atoms with van der Waals surface area (Å²) < 4.78 is 88.1. The van der Waals surface area contributed by atoms with E-state index in [0.717, 1.165) is 41.0 Å². The van der Waals surface area contributed by atoms with E-state index in [2.05, 4.69) is 0 Å². The Hall–Kier alpha value is -7.92. The van der Waals surface area contributed by atoms with Gasteiger partial charge < -0.3 is 4.57 Å². The molecule has 3 aromatic heterocycles. The van der Waals surface area contributed by atoms with Crippen molar-refractivity contribution in [3.63, 3.8) is 0 Å². The first-order valence-electron chi connectivity index (χ1n) is 19.9. The predicted molar refractivity (Wildman–Crippen MR) is 235 cm³/mol. The van der Waals surface area contributed by atoms with Gasteiger partial charge in [0.05, 0.1) is 50.6 Å². The Bertz CT molecular complexity index is 3110. The first-order valence-corrected chi connectivity index (χ1v) is 19.9. The zero-order valence-electron chi connectivity index (χ0n) is 32.9. The molecule has 0 saturated heterocycles. The molecule has 0 bridgehead atoms. The van der Waals surface area contributed by atoms with Crippen molar-refractivity contribution >= 4 is 21.8 Å². The van der Waals surface area contributed by atoms with Crippen LogP contribution in [0.5, 0.6) is 0 Å². The number of alkyl halides is 6. The van der Waals surface area contributed by atoms with Gasteiger partial charge in [-0.3, -0.25) is 0 Å². The van der Waals surface area contributed by atoms with Gasteiger partial charge in [0.15, 0.2) is 11.6 Å². The summed E-state index contributed by atoms with van der Waals surface area (Å²) in [6.07, 6.45) is -9.47. The van der Waals surface area contributed by atoms with Crippen LogP contribution in [0, 0.1) is 0 Å². The van der Waals surface area contributed by atoms with E-state index in [4.69, 9.17) is 19.9 Å². The fraction of sp³-hybridized carbons (Fsp3) is 0.0385. The number of hydrogen-bond acceptors (Lipinski definition) is 4. The van der Waals surface area contributed by atoms with Crippen molar-refractivity contribution in [2.75, 3.05) is 0 Å². The highest BCUT2D eigenvalue weighted by Crippen LogP contribution is 2.43. The summed E-state index contributed by atoms with van der Waals surface area (Å²) in [4.78, 5) is 20.1. The van der Waals surface area contributed by atoms with Gasteiger partial charge in [0, 0.05) is 44.2 Å². The van der Waals surface area contributed by atoms with Gasteiger partial charge in [0.1, 0.15) is 0 Å². The van der Waals surface area contributed by atoms with Gasteiger partial charge in [-0.1, -0.05) is 133 Å². The molecule has 0 amide bonds. The molecule has 63 heavy (non-hydrogen) atoms. The molecule has 0 aliphatic heterocycles. The lowest BCUT2D eigenvalue weighted by atomic mass is 10.0. The van der Waals surface area contributed by atoms with Crippen LogP contribution >= 0.6 is 0 Å². The molecule has 5 nitrogen and oxygen atoms in total. The second-order valence-electron chi connectivity index (χ2n) is 14.9. The minimum absolute atomic E-state index is 0.0578. The van der Waals surface area contributed by atoms with Crippen LogP contribution in [0.15, 0.2) is 188 Å². The lowest BCUT2D eigenvalue weighted by Crippen LogP contribution is -2.06. The zero-order chi connectivity index (χ0) is 43.3. The summed E-state index contributed by atoms with van der Waals surface area (Å²) in [5.41, 5.74) is 4.74. The lowest BCUT2D eigenvalue weighted by Gasteiger charge is -2.18. The molecule has 11 heteroatoms. The minimum atomic E-state index is -4.74. The molecule has 0 aliphatic rings. The highest BCUT2D eigenvalue weighted by atomic mass is 19.4. The maximum atomic E-state index is 14.4. The number of aromatic nitrogens is 5. The predicted octanol–water partition coefficient (Wildman–Crippen LogP) is 14.4. The maximum absolute atomic E-state index is 14.4. The molecule has 10 rings (SSSR count). The molecule has 0 fully saturated rings. The number of benzene rings is 7. The standard InChI is InChI=1S/C52H31F6N5/c53-51(54,55)37-22-24-39-40-25-23-38(52(56,57)58)29-48(40)63(47(39)28-37)46-26-21-36(50-60-42(32-13-5-1-6-14-32)30-43(61-50)33-15-7-2-8-16-33)27-41(46)45-31-44(34-17-9-3-10-18-34)59-49(62-45)35-19-11-4-12-20-35/h1-31H. The highest BCUT2D eigenvalue weighted by molar-refractivity contribution is 6.10. The molecule has 306 valence electrons. The van der Waals surface area contributed by atoms with E-state index in [9.17, 15) is 26.3 Å². The molecule has 0 radical (unpaired) electrons. The maximum Gasteiger partial charge on any atom is 0.416 e. The summed E-state index contributed by atoms with van der Waals surface area (Å²) >= 11 is 0. The van der Waals surface area contributed by atoms with Gasteiger partial charge in [0.2, 0.25) is 0 Å². The van der Waals surface area contributed by atoms with E-state index in [1.165, 1.54) is 16.7 Å². The monoisotopic (exact) mass is 839 g/mol. The SMILES string of the molecule is FC(F)(F)c1ccc2c3ccc(C(F)(F)F)cc3n(-c3ccc(-c4nc(-c5ccccc5)cc(-c5ccccc5)n4)cc3-c3cc(-c4ccccc4)nc(-c4ccccc4)n3)c2c1. The Kier molecular flexibility index (Phi) is 9.67. The number of halogens is 6. The lowest BCUT2D eigenvalue weighted by molar-refractivity contribution is -0.138. The second kappa shape index (κ2) is 15.5. The highest BCUT2D eigenvalue weighted by Gasteiger charge is 2.34. The summed E-state index contributed by atoms with van der Waals surface area (Å²) in [5.74, 6) is 0.697. The Morgan fingerprint density at radius 3 is 1.14 bits per heavy atom. The number of rotatable bonds is 7. The van der Waals surface area contributed by atoms with E-state index < -0.39 is 23.5 Å². The largest absolute Gasteiger partial charge is 0.416 e. The molecular weight excluding hydrogens is 809 g/mol. The Labute approximate surface area is 356 Å².